The minimum absolute atomic E-state index is 0.0430. The summed E-state index contributed by atoms with van der Waals surface area (Å²) in [5, 5.41) is 8.00. The number of hydrogen-bond donors (Lipinski definition) is 0. The van der Waals surface area contributed by atoms with Crippen LogP contribution >= 0.6 is 11.6 Å². The summed E-state index contributed by atoms with van der Waals surface area (Å²) in [5.74, 6) is 0. The second-order valence-corrected chi connectivity index (χ2v) is 2.83. The van der Waals surface area contributed by atoms with Gasteiger partial charge in [0.1, 0.15) is 0 Å². The summed E-state index contributed by atoms with van der Waals surface area (Å²) < 4.78 is 36.7. The van der Waals surface area contributed by atoms with Crippen LogP contribution in [0.25, 0.3) is 0 Å². The fourth-order valence-electron chi connectivity index (χ4n) is 0.864. The van der Waals surface area contributed by atoms with Crippen molar-refractivity contribution >= 4 is 24.0 Å². The molecule has 6 heteroatoms. The van der Waals surface area contributed by atoms with Gasteiger partial charge in [0.25, 0.3) is 0 Å². The molecule has 0 aliphatic rings. The first-order valence-electron chi connectivity index (χ1n) is 3.34. The second-order valence-electron chi connectivity index (χ2n) is 2.42. The third-order valence-corrected chi connectivity index (χ3v) is 1.82. The van der Waals surface area contributed by atoms with E-state index < -0.39 is 12.4 Å². The van der Waals surface area contributed by atoms with Gasteiger partial charge in [-0.1, -0.05) is 23.1 Å². The summed E-state index contributed by atoms with van der Waals surface area (Å²) in [7, 11) is 0. The molecule has 0 aromatic heterocycles. The first kappa shape index (κ1) is 9.94. The molecule has 0 unspecified atom stereocenters. The van der Waals surface area contributed by atoms with E-state index >= 15 is 0 Å². The van der Waals surface area contributed by atoms with Gasteiger partial charge in [-0.15, -0.1) is 0 Å². The molecule has 1 nitrogen and oxygen atoms in total. The highest BCUT2D eigenvalue weighted by atomic mass is 35.5. The zero-order chi connectivity index (χ0) is 10.1. The van der Waals surface area contributed by atoms with Crippen LogP contribution in [-0.4, -0.2) is 6.98 Å². The molecular formula is C7H3BClF3N-. The van der Waals surface area contributed by atoms with Crippen molar-refractivity contribution in [2.24, 2.45) is 0 Å². The number of halogens is 4. The van der Waals surface area contributed by atoms with Gasteiger partial charge in [0.05, 0.1) is 6.07 Å². The number of nitrogens with zero attached hydrogens (tertiary/aromatic N) is 1. The first-order chi connectivity index (χ1) is 5.95. The van der Waals surface area contributed by atoms with E-state index in [1.807, 2.05) is 0 Å². The maximum atomic E-state index is 12.2. The molecule has 68 valence electrons. The van der Waals surface area contributed by atoms with Gasteiger partial charge in [0.15, 0.2) is 0 Å². The van der Waals surface area contributed by atoms with E-state index in [-0.39, 0.29) is 10.6 Å². The van der Waals surface area contributed by atoms with Gasteiger partial charge in [-0.25, -0.2) is 0 Å². The Kier molecular flexibility index (Phi) is 2.53. The van der Waals surface area contributed by atoms with Crippen molar-refractivity contribution in [2.75, 3.05) is 0 Å². The first-order valence-corrected chi connectivity index (χ1v) is 3.72. The third-order valence-electron chi connectivity index (χ3n) is 1.48. The minimum Gasteiger partial charge on any atom is -0.445 e. The van der Waals surface area contributed by atoms with Crippen LogP contribution in [-0.2, 0) is 0 Å². The molecule has 0 aliphatic heterocycles. The summed E-state index contributed by atoms with van der Waals surface area (Å²) in [5.41, 5.74) is -0.959. The maximum absolute atomic E-state index is 12.2. The molecule has 0 amide bonds. The quantitative estimate of drug-likeness (QED) is 0.644. The van der Waals surface area contributed by atoms with Crippen molar-refractivity contribution in [2.45, 2.75) is 0 Å². The number of rotatable bonds is 1. The SMILES string of the molecule is N#Cc1ccc(Cl)c([B-](F)(F)F)c1. The van der Waals surface area contributed by atoms with E-state index in [4.69, 9.17) is 16.9 Å². The van der Waals surface area contributed by atoms with Crippen molar-refractivity contribution < 1.29 is 12.9 Å². The lowest BCUT2D eigenvalue weighted by atomic mass is 9.79. The zero-order valence-electron chi connectivity index (χ0n) is 6.27. The lowest BCUT2D eigenvalue weighted by Crippen LogP contribution is -2.35. The van der Waals surface area contributed by atoms with Crippen LogP contribution in [0.3, 0.4) is 0 Å². The van der Waals surface area contributed by atoms with Crippen LogP contribution in [0.15, 0.2) is 18.2 Å². The molecule has 0 bridgehead atoms. The molecular weight excluding hydrogens is 201 g/mol. The average Bonchev–Trinajstić information content (AvgIpc) is 2.03. The predicted molar refractivity (Wildman–Crippen MR) is 44.9 cm³/mol. The Morgan fingerprint density at radius 2 is 1.92 bits per heavy atom. The van der Waals surface area contributed by atoms with Crippen molar-refractivity contribution in [3.05, 3.63) is 28.8 Å². The molecule has 0 spiro atoms. The zero-order valence-corrected chi connectivity index (χ0v) is 7.02. The van der Waals surface area contributed by atoms with Crippen LogP contribution in [0, 0.1) is 11.3 Å². The summed E-state index contributed by atoms with van der Waals surface area (Å²) in [6.07, 6.45) is 0. The van der Waals surface area contributed by atoms with Crippen LogP contribution in [0.2, 0.25) is 5.02 Å². The molecule has 1 aromatic carbocycles. The van der Waals surface area contributed by atoms with Crippen LogP contribution in [0.1, 0.15) is 5.56 Å². The largest absolute Gasteiger partial charge is 0.511 e. The maximum Gasteiger partial charge on any atom is 0.511 e. The molecule has 0 atom stereocenters. The van der Waals surface area contributed by atoms with E-state index in [1.54, 1.807) is 6.07 Å². The van der Waals surface area contributed by atoms with E-state index in [0.29, 0.717) is 0 Å². The van der Waals surface area contributed by atoms with Gasteiger partial charge in [-0.05, 0) is 12.1 Å². The lowest BCUT2D eigenvalue weighted by Gasteiger charge is -2.16. The molecule has 13 heavy (non-hydrogen) atoms. The van der Waals surface area contributed by atoms with Gasteiger partial charge in [-0.2, -0.15) is 5.26 Å². The van der Waals surface area contributed by atoms with E-state index in [9.17, 15) is 12.9 Å². The monoisotopic (exact) mass is 204 g/mol. The number of nitriles is 1. The lowest BCUT2D eigenvalue weighted by molar-refractivity contribution is 0.501. The van der Waals surface area contributed by atoms with Gasteiger partial charge in [-0.3, -0.25) is 0 Å². The van der Waals surface area contributed by atoms with Gasteiger partial charge in [0, 0.05) is 10.6 Å². The van der Waals surface area contributed by atoms with Gasteiger partial charge < -0.3 is 12.9 Å². The molecule has 0 saturated heterocycles. The minimum atomic E-state index is -5.14. The van der Waals surface area contributed by atoms with Crippen LogP contribution in [0.5, 0.6) is 0 Å². The van der Waals surface area contributed by atoms with Crippen molar-refractivity contribution in [3.8, 4) is 6.07 Å². The molecule has 0 N–H and O–H groups in total. The van der Waals surface area contributed by atoms with Crippen LogP contribution < -0.4 is 5.46 Å². The predicted octanol–water partition coefficient (Wildman–Crippen LogP) is 2.27. The Morgan fingerprint density at radius 3 is 2.38 bits per heavy atom. The normalized spacial score (nSPS) is 11.0. The Bertz CT molecular complexity index is 369. The van der Waals surface area contributed by atoms with Gasteiger partial charge >= 0.3 is 6.98 Å². The third kappa shape index (κ3) is 2.16. The highest BCUT2D eigenvalue weighted by Crippen LogP contribution is 2.16. The topological polar surface area (TPSA) is 23.8 Å². The Balaban J connectivity index is 3.29. The van der Waals surface area contributed by atoms with Crippen molar-refractivity contribution in [1.29, 1.82) is 5.26 Å². The van der Waals surface area contributed by atoms with Crippen molar-refractivity contribution in [3.63, 3.8) is 0 Å². The average molecular weight is 204 g/mol. The van der Waals surface area contributed by atoms with E-state index in [0.717, 1.165) is 12.1 Å². The Morgan fingerprint density at radius 1 is 1.31 bits per heavy atom. The summed E-state index contributed by atoms with van der Waals surface area (Å²) >= 11 is 5.32. The fraction of sp³-hybridized carbons (Fsp3) is 0. The van der Waals surface area contributed by atoms with Gasteiger partial charge in [0.2, 0.25) is 0 Å². The number of hydrogen-bond acceptors (Lipinski definition) is 1. The molecule has 0 fully saturated rings. The highest BCUT2D eigenvalue weighted by molar-refractivity contribution is 6.76. The molecule has 0 heterocycles. The number of benzene rings is 1. The standard InChI is InChI=1S/C7H3BClF3N/c9-7-2-1-5(4-13)3-6(7)8(10,11)12/h1-3H/q-1. The fourth-order valence-corrected chi connectivity index (χ4v) is 1.11. The smallest absolute Gasteiger partial charge is 0.445 e. The summed E-state index contributed by atoms with van der Waals surface area (Å²) in [6, 6.07) is 4.69. The molecule has 1 aromatic rings. The van der Waals surface area contributed by atoms with E-state index in [2.05, 4.69) is 0 Å². The van der Waals surface area contributed by atoms with Crippen molar-refractivity contribution in [1.82, 2.24) is 0 Å². The second kappa shape index (κ2) is 3.31. The molecule has 0 saturated carbocycles. The summed E-state index contributed by atoms with van der Waals surface area (Å²) in [4.78, 5) is 0. The highest BCUT2D eigenvalue weighted by Gasteiger charge is 2.28. The Hall–Kier alpha value is -1.15. The Labute approximate surface area is 77.8 Å². The molecule has 1 rings (SSSR count). The summed E-state index contributed by atoms with van der Waals surface area (Å²) in [6.45, 7) is -5.14. The van der Waals surface area contributed by atoms with Crippen LogP contribution in [0.4, 0.5) is 12.9 Å². The molecule has 0 aliphatic carbocycles. The van der Waals surface area contributed by atoms with E-state index in [1.165, 1.54) is 6.07 Å². The molecule has 0 radical (unpaired) electrons.